The number of anilines is 1. The molecule has 3 aromatic rings. The van der Waals surface area contributed by atoms with Crippen molar-refractivity contribution >= 4 is 31.7 Å². The average Bonchev–Trinajstić information content (AvgIpc) is 2.92. The molecule has 2 N–H and O–H groups in total. The lowest BCUT2D eigenvalue weighted by Gasteiger charge is -2.41. The van der Waals surface area contributed by atoms with Crippen molar-refractivity contribution in [2.45, 2.75) is 63.5 Å². The summed E-state index contributed by atoms with van der Waals surface area (Å²) in [6.45, 7) is 6.26. The molecule has 9 nitrogen and oxygen atoms in total. The van der Waals surface area contributed by atoms with Crippen LogP contribution in [-0.2, 0) is 16.1 Å². The lowest BCUT2D eigenvalue weighted by atomic mass is 9.91. The molecular weight excluding hydrogens is 499 g/mol. The minimum atomic E-state index is -0.178. The molecular formula is C28H37N6O3P. The molecule has 2 aliphatic heterocycles. The van der Waals surface area contributed by atoms with Crippen LogP contribution in [0.25, 0.3) is 22.0 Å². The number of rotatable bonds is 5. The average molecular weight is 537 g/mol. The van der Waals surface area contributed by atoms with E-state index in [1.165, 1.54) is 0 Å². The molecule has 202 valence electrons. The molecule has 2 aliphatic rings. The van der Waals surface area contributed by atoms with Crippen molar-refractivity contribution < 1.29 is 14.3 Å². The van der Waals surface area contributed by atoms with Gasteiger partial charge in [-0.15, -0.1) is 9.24 Å². The van der Waals surface area contributed by atoms with Crippen molar-refractivity contribution in [2.24, 2.45) is 0 Å². The SMILES string of the molecule is CCCOCc1ncc(-c2ccc3ncc4cc3c2OCC(P)CNC(=O)[C@@H]2C[C@H](CC(C)N2C)N4)cn1. The van der Waals surface area contributed by atoms with Crippen molar-refractivity contribution in [1.29, 1.82) is 0 Å². The molecule has 4 heterocycles. The molecule has 1 fully saturated rings. The van der Waals surface area contributed by atoms with Crippen LogP contribution in [0.2, 0.25) is 0 Å². The summed E-state index contributed by atoms with van der Waals surface area (Å²) in [5, 5.41) is 7.73. The van der Waals surface area contributed by atoms with Gasteiger partial charge in [0, 0.05) is 59.8 Å². The number of amides is 1. The van der Waals surface area contributed by atoms with Gasteiger partial charge < -0.3 is 20.1 Å². The Bertz CT molecular complexity index is 1270. The Morgan fingerprint density at radius 2 is 2.00 bits per heavy atom. The summed E-state index contributed by atoms with van der Waals surface area (Å²) in [5.74, 6) is 1.45. The number of benzene rings is 1. The van der Waals surface area contributed by atoms with E-state index in [1.807, 2.05) is 37.8 Å². The van der Waals surface area contributed by atoms with E-state index < -0.39 is 0 Å². The van der Waals surface area contributed by atoms with Gasteiger partial charge in [-0.2, -0.15) is 0 Å². The number of carbonyl (C=O) groups excluding carboxylic acids is 1. The second kappa shape index (κ2) is 11.9. The summed E-state index contributed by atoms with van der Waals surface area (Å²) in [6.07, 6.45) is 8.14. The first-order valence-electron chi connectivity index (χ1n) is 13.4. The predicted molar refractivity (Wildman–Crippen MR) is 152 cm³/mol. The minimum Gasteiger partial charge on any atom is -0.492 e. The van der Waals surface area contributed by atoms with E-state index in [2.05, 4.69) is 54.7 Å². The van der Waals surface area contributed by atoms with E-state index >= 15 is 0 Å². The summed E-state index contributed by atoms with van der Waals surface area (Å²) in [5.41, 5.74) is 3.57. The van der Waals surface area contributed by atoms with Gasteiger partial charge in [-0.3, -0.25) is 14.7 Å². The van der Waals surface area contributed by atoms with Gasteiger partial charge in [0.25, 0.3) is 0 Å². The largest absolute Gasteiger partial charge is 0.492 e. The van der Waals surface area contributed by atoms with Gasteiger partial charge in [0.2, 0.25) is 5.91 Å². The Hall–Kier alpha value is -2.87. The number of likely N-dealkylation sites (tertiary alicyclic amines) is 1. The Morgan fingerprint density at radius 1 is 1.18 bits per heavy atom. The fourth-order valence-electron chi connectivity index (χ4n) is 5.17. The molecule has 1 amide bonds. The third-order valence-electron chi connectivity index (χ3n) is 7.39. The highest BCUT2D eigenvalue weighted by Gasteiger charge is 2.35. The van der Waals surface area contributed by atoms with Crippen molar-refractivity contribution in [1.82, 2.24) is 25.2 Å². The van der Waals surface area contributed by atoms with Gasteiger partial charge in [0.1, 0.15) is 12.4 Å². The van der Waals surface area contributed by atoms with Crippen LogP contribution in [0.4, 0.5) is 5.69 Å². The highest BCUT2D eigenvalue weighted by Crippen LogP contribution is 2.38. The molecule has 3 unspecified atom stereocenters. The van der Waals surface area contributed by atoms with E-state index in [0.29, 0.717) is 32.2 Å². The number of hydrogen-bond acceptors (Lipinski definition) is 8. The molecule has 0 saturated carbocycles. The Balaban J connectivity index is 1.51. The maximum Gasteiger partial charge on any atom is 0.237 e. The Morgan fingerprint density at radius 3 is 2.79 bits per heavy atom. The van der Waals surface area contributed by atoms with Crippen LogP contribution in [0.5, 0.6) is 5.75 Å². The van der Waals surface area contributed by atoms with Crippen LogP contribution in [0.1, 0.15) is 38.9 Å². The van der Waals surface area contributed by atoms with Gasteiger partial charge in [0.05, 0.1) is 30.0 Å². The number of piperidine rings is 1. The van der Waals surface area contributed by atoms with E-state index in [4.69, 9.17) is 14.5 Å². The summed E-state index contributed by atoms with van der Waals surface area (Å²) < 4.78 is 12.0. The van der Waals surface area contributed by atoms with E-state index in [9.17, 15) is 4.79 Å². The van der Waals surface area contributed by atoms with Gasteiger partial charge in [-0.25, -0.2) is 9.97 Å². The fraction of sp³-hybridized carbons (Fsp3) is 0.500. The molecule has 1 saturated heterocycles. The first-order valence-corrected chi connectivity index (χ1v) is 14.1. The van der Waals surface area contributed by atoms with E-state index in [-0.39, 0.29) is 29.7 Å². The maximum absolute atomic E-state index is 13.1. The van der Waals surface area contributed by atoms with Crippen LogP contribution in [-0.4, -0.2) is 76.3 Å². The van der Waals surface area contributed by atoms with E-state index in [0.717, 1.165) is 52.7 Å². The van der Waals surface area contributed by atoms with Crippen LogP contribution >= 0.6 is 9.24 Å². The number of likely N-dealkylation sites (N-methyl/N-ethyl adjacent to an activating group) is 1. The van der Waals surface area contributed by atoms with Crippen LogP contribution in [0, 0.1) is 0 Å². The first-order chi connectivity index (χ1) is 18.4. The molecule has 0 spiro atoms. The quantitative estimate of drug-likeness (QED) is 0.377. The molecule has 5 atom stereocenters. The molecule has 0 aliphatic carbocycles. The summed E-state index contributed by atoms with van der Waals surface area (Å²) in [7, 11) is 4.84. The highest BCUT2D eigenvalue weighted by molar-refractivity contribution is 7.17. The van der Waals surface area contributed by atoms with Gasteiger partial charge in [-0.1, -0.05) is 6.92 Å². The molecule has 2 aromatic heterocycles. The van der Waals surface area contributed by atoms with Crippen LogP contribution < -0.4 is 15.4 Å². The zero-order chi connectivity index (χ0) is 26.6. The van der Waals surface area contributed by atoms with Gasteiger partial charge in [-0.05, 0) is 51.4 Å². The van der Waals surface area contributed by atoms with Crippen molar-refractivity contribution in [3.05, 3.63) is 42.6 Å². The molecule has 1 aromatic carbocycles. The number of pyridine rings is 1. The third-order valence-corrected chi connectivity index (χ3v) is 7.81. The fourth-order valence-corrected chi connectivity index (χ4v) is 5.39. The number of nitrogens with one attached hydrogen (secondary N) is 2. The summed E-state index contributed by atoms with van der Waals surface area (Å²) >= 11 is 0. The van der Waals surface area contributed by atoms with Crippen molar-refractivity contribution in [3.8, 4) is 16.9 Å². The second-order valence-electron chi connectivity index (χ2n) is 10.3. The number of carbonyl (C=O) groups is 1. The molecule has 4 bridgehead atoms. The summed E-state index contributed by atoms with van der Waals surface area (Å²) in [6, 6.07) is 6.39. The Labute approximate surface area is 226 Å². The second-order valence-corrected chi connectivity index (χ2v) is 11.3. The summed E-state index contributed by atoms with van der Waals surface area (Å²) in [4.78, 5) is 29.1. The molecule has 38 heavy (non-hydrogen) atoms. The van der Waals surface area contributed by atoms with Gasteiger partial charge >= 0.3 is 0 Å². The topological polar surface area (TPSA) is 102 Å². The smallest absolute Gasteiger partial charge is 0.237 e. The van der Waals surface area contributed by atoms with Crippen molar-refractivity contribution in [2.75, 3.05) is 32.1 Å². The van der Waals surface area contributed by atoms with Crippen LogP contribution in [0.3, 0.4) is 0 Å². The normalized spacial score (nSPS) is 24.4. The van der Waals surface area contributed by atoms with Gasteiger partial charge in [0.15, 0.2) is 5.82 Å². The number of hydrogen-bond donors (Lipinski definition) is 2. The predicted octanol–water partition coefficient (Wildman–Crippen LogP) is 3.63. The first kappa shape index (κ1) is 26.7. The molecule has 5 rings (SSSR count). The highest BCUT2D eigenvalue weighted by atomic mass is 31.0. The van der Waals surface area contributed by atoms with E-state index in [1.54, 1.807) is 0 Å². The maximum atomic E-state index is 13.1. The van der Waals surface area contributed by atoms with Crippen LogP contribution in [0.15, 0.2) is 36.8 Å². The lowest BCUT2D eigenvalue weighted by molar-refractivity contribution is -0.128. The van der Waals surface area contributed by atoms with Crippen molar-refractivity contribution in [3.63, 3.8) is 0 Å². The monoisotopic (exact) mass is 536 g/mol. The number of aromatic nitrogens is 3. The standard InChI is InChI=1S/C28H37N6O3P/c1-4-7-36-16-26-30-11-18(12-31-26)22-5-6-24-23-9-20(13-29-24)33-19-8-17(2)34(3)25(10-19)28(35)32-14-21(38)15-37-27(22)23/h5-6,9,11-13,17,19,21,25,33H,4,7-8,10,14-16,38H2,1-3H3,(H,32,35)/t17?,19-,21?,25-/m0/s1. The zero-order valence-corrected chi connectivity index (χ0v) is 23.5. The number of nitrogens with zero attached hydrogens (tertiary/aromatic N) is 4. The lowest BCUT2D eigenvalue weighted by Crippen LogP contribution is -2.56. The number of fused-ring (bicyclic) bond motifs is 3. The third kappa shape index (κ3) is 5.90. The number of ether oxygens (including phenoxy) is 2. The zero-order valence-electron chi connectivity index (χ0n) is 22.3. The molecule has 10 heteroatoms. The minimum absolute atomic E-state index is 0.0377. The Kier molecular flexibility index (Phi) is 8.36. The molecule has 0 radical (unpaired) electrons.